The van der Waals surface area contributed by atoms with Crippen molar-refractivity contribution in [2.24, 2.45) is 0 Å². The topological polar surface area (TPSA) is 79.2 Å². The van der Waals surface area contributed by atoms with Crippen LogP contribution in [0.3, 0.4) is 0 Å². The number of hydrogen-bond donors (Lipinski definition) is 1. The largest absolute Gasteiger partial charge is 0.460 e. The van der Waals surface area contributed by atoms with Crippen LogP contribution in [-0.4, -0.2) is 11.9 Å². The number of amides is 1. The second-order valence-electron chi connectivity index (χ2n) is 5.46. The van der Waals surface area contributed by atoms with Gasteiger partial charge in [0, 0.05) is 12.1 Å². The van der Waals surface area contributed by atoms with Gasteiger partial charge in [-0.05, 0) is 35.4 Å². The summed E-state index contributed by atoms with van der Waals surface area (Å²) in [5.41, 5.74) is 1.98. The lowest BCUT2D eigenvalue weighted by molar-refractivity contribution is -0.148. The van der Waals surface area contributed by atoms with E-state index in [0.29, 0.717) is 22.4 Å². The maximum absolute atomic E-state index is 13.3. The number of nitrogens with one attached hydrogen (secondary N) is 1. The minimum absolute atomic E-state index is 0.00298. The van der Waals surface area contributed by atoms with E-state index in [0.717, 1.165) is 0 Å². The van der Waals surface area contributed by atoms with Crippen LogP contribution >= 0.6 is 0 Å². The first-order valence-corrected chi connectivity index (χ1v) is 7.32. The molecule has 0 aliphatic carbocycles. The highest BCUT2D eigenvalue weighted by Gasteiger charge is 2.32. The third kappa shape index (κ3) is 3.25. The van der Waals surface area contributed by atoms with Gasteiger partial charge in [0.25, 0.3) is 0 Å². The predicted molar refractivity (Wildman–Crippen MR) is 83.3 cm³/mol. The number of anilines is 1. The van der Waals surface area contributed by atoms with Gasteiger partial charge in [-0.25, -0.2) is 4.39 Å². The number of halogens is 1. The Morgan fingerprint density at radius 2 is 2.17 bits per heavy atom. The van der Waals surface area contributed by atoms with Crippen LogP contribution in [-0.2, 0) is 20.9 Å². The fraction of sp³-hybridized carbons (Fsp3) is 0.167. The van der Waals surface area contributed by atoms with Crippen molar-refractivity contribution in [2.75, 3.05) is 5.32 Å². The highest BCUT2D eigenvalue weighted by molar-refractivity contribution is 5.99. The molecular formula is C18H13FN2O3. The number of fused-ring (bicyclic) bond motifs is 1. The summed E-state index contributed by atoms with van der Waals surface area (Å²) in [6.07, 6.45) is -0.0459. The molecule has 1 heterocycles. The molecule has 24 heavy (non-hydrogen) atoms. The Morgan fingerprint density at radius 3 is 2.96 bits per heavy atom. The summed E-state index contributed by atoms with van der Waals surface area (Å²) in [4.78, 5) is 24.1. The summed E-state index contributed by atoms with van der Waals surface area (Å²) >= 11 is 0. The third-order valence-electron chi connectivity index (χ3n) is 3.78. The summed E-state index contributed by atoms with van der Waals surface area (Å²) in [6, 6.07) is 12.6. The first-order chi connectivity index (χ1) is 11.6. The second kappa shape index (κ2) is 6.50. The Hall–Kier alpha value is -3.20. The van der Waals surface area contributed by atoms with Gasteiger partial charge in [0.15, 0.2) is 0 Å². The van der Waals surface area contributed by atoms with Gasteiger partial charge in [0.2, 0.25) is 5.91 Å². The molecule has 1 aliphatic rings. The molecule has 0 aromatic heterocycles. The lowest BCUT2D eigenvalue weighted by Crippen LogP contribution is -2.28. The fourth-order valence-corrected chi connectivity index (χ4v) is 2.63. The molecule has 120 valence electrons. The number of ether oxygens (including phenoxy) is 1. The molecule has 1 aliphatic heterocycles. The summed E-state index contributed by atoms with van der Waals surface area (Å²) < 4.78 is 18.6. The quantitative estimate of drug-likeness (QED) is 0.881. The number of hydrogen-bond acceptors (Lipinski definition) is 4. The zero-order valence-corrected chi connectivity index (χ0v) is 12.6. The highest BCUT2D eigenvalue weighted by Crippen LogP contribution is 2.33. The van der Waals surface area contributed by atoms with Crippen LogP contribution in [0.15, 0.2) is 42.5 Å². The van der Waals surface area contributed by atoms with E-state index in [4.69, 9.17) is 10.00 Å². The maximum Gasteiger partial charge on any atom is 0.314 e. The molecule has 0 radical (unpaired) electrons. The monoisotopic (exact) mass is 324 g/mol. The number of carbonyl (C=O) groups excluding carboxylic acids is 2. The van der Waals surface area contributed by atoms with E-state index < -0.39 is 17.7 Å². The Kier molecular flexibility index (Phi) is 4.25. The fourth-order valence-electron chi connectivity index (χ4n) is 2.63. The van der Waals surface area contributed by atoms with Gasteiger partial charge in [0.05, 0.1) is 17.6 Å². The normalized spacial score (nSPS) is 15.8. The molecule has 0 spiro atoms. The summed E-state index contributed by atoms with van der Waals surface area (Å²) in [5.74, 6) is -2.17. The summed E-state index contributed by atoms with van der Waals surface area (Å²) in [7, 11) is 0. The third-order valence-corrected chi connectivity index (χ3v) is 3.78. The van der Waals surface area contributed by atoms with Gasteiger partial charge in [-0.15, -0.1) is 0 Å². The minimum atomic E-state index is -0.770. The number of benzene rings is 2. The Morgan fingerprint density at radius 1 is 1.33 bits per heavy atom. The Bertz CT molecular complexity index is 858. The van der Waals surface area contributed by atoms with Gasteiger partial charge < -0.3 is 10.1 Å². The number of nitrogens with zero attached hydrogens (tertiary/aromatic N) is 1. The SMILES string of the molecule is N#Cc1cccc(COC(=O)[C@@H]2CC(=O)Nc3cc(F)ccc32)c1. The molecule has 0 saturated carbocycles. The molecular weight excluding hydrogens is 311 g/mol. The molecule has 2 aromatic carbocycles. The number of esters is 1. The summed E-state index contributed by atoms with van der Waals surface area (Å²) in [6.45, 7) is 0.00298. The molecule has 0 saturated heterocycles. The van der Waals surface area contributed by atoms with E-state index in [9.17, 15) is 14.0 Å². The van der Waals surface area contributed by atoms with E-state index >= 15 is 0 Å². The molecule has 1 atom stereocenters. The molecule has 0 fully saturated rings. The predicted octanol–water partition coefficient (Wildman–Crippen LogP) is 2.87. The second-order valence-corrected chi connectivity index (χ2v) is 5.46. The molecule has 6 heteroatoms. The lowest BCUT2D eigenvalue weighted by atomic mass is 9.90. The minimum Gasteiger partial charge on any atom is -0.460 e. The number of rotatable bonds is 3. The van der Waals surface area contributed by atoms with Crippen LogP contribution in [0.25, 0.3) is 0 Å². The lowest BCUT2D eigenvalue weighted by Gasteiger charge is -2.24. The average Bonchev–Trinajstić information content (AvgIpc) is 2.58. The zero-order valence-electron chi connectivity index (χ0n) is 12.6. The maximum atomic E-state index is 13.3. The molecule has 5 nitrogen and oxygen atoms in total. The van der Waals surface area contributed by atoms with Crippen molar-refractivity contribution in [3.8, 4) is 6.07 Å². The van der Waals surface area contributed by atoms with E-state index in [2.05, 4.69) is 5.32 Å². The standard InChI is InChI=1S/C18H13FN2O3/c19-13-4-5-14-15(8-17(22)21-16(14)7-13)18(23)24-10-12-3-1-2-11(6-12)9-20/h1-7,15H,8,10H2,(H,21,22)/t15-/m1/s1. The average molecular weight is 324 g/mol. The van der Waals surface area contributed by atoms with Gasteiger partial charge >= 0.3 is 5.97 Å². The van der Waals surface area contributed by atoms with Gasteiger partial charge in [0.1, 0.15) is 12.4 Å². The van der Waals surface area contributed by atoms with Gasteiger partial charge in [-0.3, -0.25) is 9.59 Å². The van der Waals surface area contributed by atoms with E-state index in [1.807, 2.05) is 6.07 Å². The van der Waals surface area contributed by atoms with E-state index in [1.54, 1.807) is 24.3 Å². The van der Waals surface area contributed by atoms with Crippen LogP contribution in [0.2, 0.25) is 0 Å². The first kappa shape index (κ1) is 15.7. The van der Waals surface area contributed by atoms with Crippen molar-refractivity contribution in [1.29, 1.82) is 5.26 Å². The van der Waals surface area contributed by atoms with Crippen molar-refractivity contribution in [3.05, 3.63) is 65.0 Å². The Balaban J connectivity index is 1.76. The smallest absolute Gasteiger partial charge is 0.314 e. The zero-order chi connectivity index (χ0) is 17.1. The number of carbonyl (C=O) groups is 2. The molecule has 0 bridgehead atoms. The Labute approximate surface area is 137 Å². The van der Waals surface area contributed by atoms with Crippen molar-refractivity contribution in [1.82, 2.24) is 0 Å². The molecule has 1 N–H and O–H groups in total. The van der Waals surface area contributed by atoms with Gasteiger partial charge in [-0.1, -0.05) is 18.2 Å². The first-order valence-electron chi connectivity index (χ1n) is 7.32. The van der Waals surface area contributed by atoms with Crippen molar-refractivity contribution >= 4 is 17.6 Å². The molecule has 3 rings (SSSR count). The summed E-state index contributed by atoms with van der Waals surface area (Å²) in [5, 5.41) is 11.4. The van der Waals surface area contributed by atoms with E-state index in [-0.39, 0.29) is 18.9 Å². The van der Waals surface area contributed by atoms with Crippen LogP contribution < -0.4 is 5.32 Å². The van der Waals surface area contributed by atoms with Crippen molar-refractivity contribution in [3.63, 3.8) is 0 Å². The van der Waals surface area contributed by atoms with E-state index in [1.165, 1.54) is 18.2 Å². The van der Waals surface area contributed by atoms with Gasteiger partial charge in [-0.2, -0.15) is 5.26 Å². The molecule has 0 unspecified atom stereocenters. The van der Waals surface area contributed by atoms with Crippen molar-refractivity contribution in [2.45, 2.75) is 18.9 Å². The molecule has 1 amide bonds. The van der Waals surface area contributed by atoms with Crippen molar-refractivity contribution < 1.29 is 18.7 Å². The van der Waals surface area contributed by atoms with Crippen LogP contribution in [0, 0.1) is 17.1 Å². The highest BCUT2D eigenvalue weighted by atomic mass is 19.1. The molecule has 2 aromatic rings. The van der Waals surface area contributed by atoms with Crippen LogP contribution in [0.1, 0.15) is 29.0 Å². The van der Waals surface area contributed by atoms with Crippen LogP contribution in [0.4, 0.5) is 10.1 Å². The number of nitriles is 1. The van der Waals surface area contributed by atoms with Crippen LogP contribution in [0.5, 0.6) is 0 Å².